The van der Waals surface area contributed by atoms with Crippen molar-refractivity contribution in [3.05, 3.63) is 69.7 Å². The minimum absolute atomic E-state index is 0.0787. The number of carbonyl (C=O) groups is 2. The Bertz CT molecular complexity index is 1420. The van der Waals surface area contributed by atoms with Gasteiger partial charge in [0.25, 0.3) is 0 Å². The summed E-state index contributed by atoms with van der Waals surface area (Å²) >= 11 is 12.7. The maximum Gasteiger partial charge on any atom is 0.229 e. The van der Waals surface area contributed by atoms with Gasteiger partial charge in [-0.25, -0.2) is 12.7 Å². The molecule has 0 spiro atoms. The summed E-state index contributed by atoms with van der Waals surface area (Å²) in [6.07, 6.45) is 1.29. The SMILES string of the molecule is C[C@@H](CCN(C)S(=O)(=O)C1CC1)N1C(=O)[C@@](C)(CC(=O)NCCC(O)CO)C[C@H](c2cccc(Cl)c2)[C@H]1c1ccc(Cl)cc1. The Morgan fingerprint density at radius 2 is 1.80 bits per heavy atom. The highest BCUT2D eigenvalue weighted by molar-refractivity contribution is 7.90. The van der Waals surface area contributed by atoms with Gasteiger partial charge in [-0.1, -0.05) is 54.4 Å². The largest absolute Gasteiger partial charge is 0.394 e. The molecule has 5 atom stereocenters. The summed E-state index contributed by atoms with van der Waals surface area (Å²) in [5, 5.41) is 22.3. The number of sulfonamides is 1. The fraction of sp³-hybridized carbons (Fsp3) is 0.562. The number of aliphatic hydroxyl groups is 2. The number of aliphatic hydroxyl groups excluding tert-OH is 2. The second-order valence-corrected chi connectivity index (χ2v) is 15.7. The number of halogens is 2. The summed E-state index contributed by atoms with van der Waals surface area (Å²) in [6, 6.07) is 14.1. The maximum absolute atomic E-state index is 14.6. The summed E-state index contributed by atoms with van der Waals surface area (Å²) in [5.74, 6) is -0.762. The highest BCUT2D eigenvalue weighted by Gasteiger charge is 2.52. The van der Waals surface area contributed by atoms with E-state index in [2.05, 4.69) is 5.32 Å². The molecule has 1 heterocycles. The molecule has 0 bridgehead atoms. The van der Waals surface area contributed by atoms with E-state index in [1.807, 2.05) is 42.2 Å². The lowest BCUT2D eigenvalue weighted by Crippen LogP contribution is -2.56. The molecule has 1 aliphatic carbocycles. The first-order chi connectivity index (χ1) is 20.8. The van der Waals surface area contributed by atoms with Crippen LogP contribution in [-0.4, -0.2) is 83.8 Å². The molecule has 242 valence electrons. The second-order valence-electron chi connectivity index (χ2n) is 12.5. The van der Waals surface area contributed by atoms with Crippen LogP contribution < -0.4 is 5.32 Å². The molecule has 2 fully saturated rings. The molecule has 2 aromatic rings. The molecule has 12 heteroatoms. The van der Waals surface area contributed by atoms with Crippen molar-refractivity contribution in [1.82, 2.24) is 14.5 Å². The van der Waals surface area contributed by atoms with Crippen LogP contribution in [0.25, 0.3) is 0 Å². The van der Waals surface area contributed by atoms with Crippen molar-refractivity contribution >= 4 is 45.0 Å². The minimum Gasteiger partial charge on any atom is -0.394 e. The van der Waals surface area contributed by atoms with Crippen molar-refractivity contribution in [1.29, 1.82) is 0 Å². The summed E-state index contributed by atoms with van der Waals surface area (Å²) in [7, 11) is -1.79. The van der Waals surface area contributed by atoms with Crippen LogP contribution in [0.5, 0.6) is 0 Å². The molecule has 1 saturated heterocycles. The van der Waals surface area contributed by atoms with Crippen molar-refractivity contribution in [3.63, 3.8) is 0 Å². The predicted octanol–water partition coefficient (Wildman–Crippen LogP) is 4.51. The van der Waals surface area contributed by atoms with Crippen LogP contribution in [0, 0.1) is 5.41 Å². The number of hydrogen-bond acceptors (Lipinski definition) is 6. The van der Waals surface area contributed by atoms with Gasteiger partial charge in [0, 0.05) is 48.6 Å². The lowest BCUT2D eigenvalue weighted by molar-refractivity contribution is -0.157. The van der Waals surface area contributed by atoms with Gasteiger partial charge in [-0.15, -0.1) is 0 Å². The molecule has 44 heavy (non-hydrogen) atoms. The predicted molar refractivity (Wildman–Crippen MR) is 172 cm³/mol. The molecule has 1 saturated carbocycles. The van der Waals surface area contributed by atoms with Gasteiger partial charge in [0.05, 0.1) is 29.4 Å². The van der Waals surface area contributed by atoms with Gasteiger partial charge in [-0.3, -0.25) is 9.59 Å². The van der Waals surface area contributed by atoms with E-state index in [-0.39, 0.29) is 55.0 Å². The van der Waals surface area contributed by atoms with Crippen LogP contribution in [0.2, 0.25) is 10.0 Å². The van der Waals surface area contributed by atoms with Crippen LogP contribution in [0.15, 0.2) is 48.5 Å². The summed E-state index contributed by atoms with van der Waals surface area (Å²) in [4.78, 5) is 29.6. The van der Waals surface area contributed by atoms with E-state index in [0.717, 1.165) is 11.1 Å². The van der Waals surface area contributed by atoms with E-state index in [1.54, 1.807) is 32.2 Å². The van der Waals surface area contributed by atoms with E-state index in [1.165, 1.54) is 4.31 Å². The number of amides is 2. The van der Waals surface area contributed by atoms with Gasteiger partial charge in [0.1, 0.15) is 0 Å². The van der Waals surface area contributed by atoms with Crippen LogP contribution in [0.4, 0.5) is 0 Å². The Kier molecular flexibility index (Phi) is 11.4. The summed E-state index contributed by atoms with van der Waals surface area (Å²) in [6.45, 7) is 3.75. The van der Waals surface area contributed by atoms with E-state index in [9.17, 15) is 23.1 Å². The number of likely N-dealkylation sites (tertiary alicyclic amines) is 1. The Morgan fingerprint density at radius 3 is 2.41 bits per heavy atom. The first kappa shape index (κ1) is 34.7. The van der Waals surface area contributed by atoms with E-state index >= 15 is 0 Å². The van der Waals surface area contributed by atoms with Crippen molar-refractivity contribution in [3.8, 4) is 0 Å². The Hall–Kier alpha value is -2.21. The van der Waals surface area contributed by atoms with Crippen molar-refractivity contribution in [2.24, 2.45) is 5.41 Å². The lowest BCUT2D eigenvalue weighted by atomic mass is 9.67. The van der Waals surface area contributed by atoms with Crippen molar-refractivity contribution in [2.75, 3.05) is 26.7 Å². The standard InChI is InChI=1S/C32H43Cl2N3O6S/c1-21(14-16-36(3)44(42,43)27-11-12-27)37-30(22-7-9-24(33)10-8-22)28(23-5-4-6-25(34)17-23)18-32(2,31(37)41)19-29(40)35-15-13-26(39)20-38/h4-10,17,21,26-28,30,38-39H,11-16,18-20H2,1-3H3,(H,35,40)/t21-,26?,28+,30+,32+/m0/s1. The molecular weight excluding hydrogens is 625 g/mol. The van der Waals surface area contributed by atoms with Gasteiger partial charge in [-0.05, 0) is 74.4 Å². The zero-order chi connectivity index (χ0) is 32.2. The molecule has 0 aromatic heterocycles. The summed E-state index contributed by atoms with van der Waals surface area (Å²) in [5.41, 5.74) is 0.715. The first-order valence-electron chi connectivity index (χ1n) is 15.1. The van der Waals surface area contributed by atoms with E-state index in [4.69, 9.17) is 28.3 Å². The minimum atomic E-state index is -3.38. The van der Waals surface area contributed by atoms with E-state index < -0.39 is 34.2 Å². The quantitative estimate of drug-likeness (QED) is 0.272. The fourth-order valence-corrected chi connectivity index (χ4v) is 8.10. The molecule has 2 aliphatic rings. The third-order valence-corrected chi connectivity index (χ3v) is 11.7. The topological polar surface area (TPSA) is 127 Å². The third kappa shape index (κ3) is 8.13. The molecule has 3 N–H and O–H groups in total. The Labute approximate surface area is 270 Å². The number of rotatable bonds is 14. The number of nitrogens with one attached hydrogen (secondary N) is 1. The second kappa shape index (κ2) is 14.5. The number of piperidine rings is 1. The normalized spacial score (nSPS) is 23.9. The Balaban J connectivity index is 1.70. The van der Waals surface area contributed by atoms with Crippen LogP contribution in [0.3, 0.4) is 0 Å². The van der Waals surface area contributed by atoms with Crippen molar-refractivity contribution in [2.45, 2.75) is 81.7 Å². The molecule has 1 unspecified atom stereocenters. The number of nitrogens with zero attached hydrogens (tertiary/aromatic N) is 2. The molecule has 9 nitrogen and oxygen atoms in total. The average molecular weight is 669 g/mol. The van der Waals surface area contributed by atoms with Gasteiger partial charge in [0.15, 0.2) is 0 Å². The zero-order valence-corrected chi connectivity index (χ0v) is 27.8. The third-order valence-electron chi connectivity index (χ3n) is 8.87. The van der Waals surface area contributed by atoms with Gasteiger partial charge < -0.3 is 20.4 Å². The smallest absolute Gasteiger partial charge is 0.229 e. The summed E-state index contributed by atoms with van der Waals surface area (Å²) < 4.78 is 27.1. The molecule has 4 rings (SSSR count). The number of carbonyl (C=O) groups excluding carboxylic acids is 2. The molecule has 2 amide bonds. The van der Waals surface area contributed by atoms with Crippen LogP contribution in [-0.2, 0) is 19.6 Å². The van der Waals surface area contributed by atoms with Gasteiger partial charge >= 0.3 is 0 Å². The van der Waals surface area contributed by atoms with Crippen LogP contribution >= 0.6 is 23.2 Å². The average Bonchev–Trinajstić information content (AvgIpc) is 3.84. The first-order valence-corrected chi connectivity index (χ1v) is 17.4. The zero-order valence-electron chi connectivity index (χ0n) is 25.5. The highest BCUT2D eigenvalue weighted by Crippen LogP contribution is 2.52. The monoisotopic (exact) mass is 667 g/mol. The lowest BCUT2D eigenvalue weighted by Gasteiger charge is -2.51. The molecule has 1 aliphatic heterocycles. The van der Waals surface area contributed by atoms with E-state index in [0.29, 0.717) is 35.7 Å². The number of hydrogen-bond donors (Lipinski definition) is 3. The van der Waals surface area contributed by atoms with Crippen LogP contribution in [0.1, 0.15) is 75.5 Å². The molecular formula is C32H43Cl2N3O6S. The fourth-order valence-electron chi connectivity index (χ4n) is 6.17. The van der Waals surface area contributed by atoms with Gasteiger partial charge in [0.2, 0.25) is 21.8 Å². The molecule has 2 aromatic carbocycles. The van der Waals surface area contributed by atoms with Gasteiger partial charge in [-0.2, -0.15) is 0 Å². The molecule has 0 radical (unpaired) electrons. The Morgan fingerprint density at radius 1 is 1.11 bits per heavy atom. The highest BCUT2D eigenvalue weighted by atomic mass is 35.5. The van der Waals surface area contributed by atoms with Crippen molar-refractivity contribution < 1.29 is 28.2 Å². The maximum atomic E-state index is 14.6. The number of benzene rings is 2.